The van der Waals surface area contributed by atoms with Crippen LogP contribution in [-0.4, -0.2) is 54.1 Å². The molecule has 2 aliphatic heterocycles. The Hall–Kier alpha value is -3.25. The number of allylic oxidation sites excluding steroid dienone is 4. The Morgan fingerprint density at radius 3 is 2.65 bits per heavy atom. The summed E-state index contributed by atoms with van der Waals surface area (Å²) in [6.07, 6.45) is 13.0. The Kier molecular flexibility index (Phi) is 7.85. The Morgan fingerprint density at radius 2 is 1.89 bits per heavy atom. The van der Waals surface area contributed by atoms with Gasteiger partial charge in [-0.3, -0.25) is 0 Å². The molecule has 1 aromatic carbocycles. The first-order valence-corrected chi connectivity index (χ1v) is 13.6. The van der Waals surface area contributed by atoms with E-state index in [2.05, 4.69) is 77.5 Å². The molecule has 6 heteroatoms. The smallest absolute Gasteiger partial charge is 0.122 e. The number of fused-ring (bicyclic) bond motifs is 1. The average molecular weight is 501 g/mol. The predicted molar refractivity (Wildman–Crippen MR) is 150 cm³/mol. The molecule has 2 aromatic rings. The minimum atomic E-state index is 0.420. The van der Waals surface area contributed by atoms with Crippen LogP contribution in [0.4, 0.5) is 0 Å². The number of nitrogens with one attached hydrogen (secondary N) is 1. The van der Waals surface area contributed by atoms with E-state index in [1.165, 1.54) is 11.4 Å². The van der Waals surface area contributed by atoms with Crippen molar-refractivity contribution in [2.24, 2.45) is 5.92 Å². The quantitative estimate of drug-likeness (QED) is 0.540. The summed E-state index contributed by atoms with van der Waals surface area (Å²) >= 11 is 0. The summed E-state index contributed by atoms with van der Waals surface area (Å²) in [6.45, 7) is 14.5. The number of nitrogens with zero attached hydrogens (tertiary/aromatic N) is 3. The molecule has 0 bridgehead atoms. The third-order valence-corrected chi connectivity index (χ3v) is 7.98. The fourth-order valence-corrected chi connectivity index (χ4v) is 5.71. The number of morpholine rings is 1. The largest absolute Gasteiger partial charge is 0.496 e. The van der Waals surface area contributed by atoms with Crippen molar-refractivity contribution >= 4 is 11.4 Å². The molecule has 2 fully saturated rings. The van der Waals surface area contributed by atoms with Crippen LogP contribution in [0, 0.1) is 12.8 Å². The van der Waals surface area contributed by atoms with Crippen molar-refractivity contribution in [1.82, 2.24) is 20.0 Å². The summed E-state index contributed by atoms with van der Waals surface area (Å²) in [6, 6.07) is 8.95. The van der Waals surface area contributed by atoms with E-state index in [9.17, 15) is 0 Å². The van der Waals surface area contributed by atoms with Crippen molar-refractivity contribution in [1.29, 1.82) is 0 Å². The molecule has 1 aliphatic carbocycles. The first-order chi connectivity index (χ1) is 18.0. The van der Waals surface area contributed by atoms with Crippen LogP contribution < -0.4 is 10.1 Å². The molecule has 0 spiro atoms. The maximum Gasteiger partial charge on any atom is 0.122 e. The van der Waals surface area contributed by atoms with Gasteiger partial charge in [0.25, 0.3) is 0 Å². The Bertz CT molecular complexity index is 1190. The molecule has 0 amide bonds. The second kappa shape index (κ2) is 11.4. The molecule has 1 N–H and O–H groups in total. The van der Waals surface area contributed by atoms with Crippen molar-refractivity contribution in [3.8, 4) is 5.75 Å². The lowest BCUT2D eigenvalue weighted by molar-refractivity contribution is 0.0468. The van der Waals surface area contributed by atoms with Crippen LogP contribution >= 0.6 is 0 Å². The van der Waals surface area contributed by atoms with E-state index in [0.29, 0.717) is 12.0 Å². The lowest BCUT2D eigenvalue weighted by Crippen LogP contribution is -2.39. The minimum absolute atomic E-state index is 0.420. The van der Waals surface area contributed by atoms with Crippen molar-refractivity contribution in [2.45, 2.75) is 51.5 Å². The van der Waals surface area contributed by atoms with E-state index in [0.717, 1.165) is 98.8 Å². The highest BCUT2D eigenvalue weighted by Crippen LogP contribution is 2.33. The number of aromatic nitrogens is 2. The zero-order chi connectivity index (χ0) is 25.8. The van der Waals surface area contributed by atoms with Gasteiger partial charge in [0.15, 0.2) is 0 Å². The average Bonchev–Trinajstić information content (AvgIpc) is 3.33. The van der Waals surface area contributed by atoms with Gasteiger partial charge in [0, 0.05) is 36.1 Å². The Morgan fingerprint density at radius 1 is 1.11 bits per heavy atom. The van der Waals surface area contributed by atoms with Crippen molar-refractivity contribution < 1.29 is 9.47 Å². The third kappa shape index (κ3) is 5.69. The number of ether oxygens (including phenoxy) is 2. The lowest BCUT2D eigenvalue weighted by atomic mass is 9.83. The van der Waals surface area contributed by atoms with Crippen LogP contribution in [0.3, 0.4) is 0 Å². The second-order valence-corrected chi connectivity index (χ2v) is 10.4. The number of methoxy groups -OCH3 is 1. The topological polar surface area (TPSA) is 51.5 Å². The fraction of sp³-hybridized carbons (Fsp3) is 0.452. The van der Waals surface area contributed by atoms with Crippen LogP contribution in [0.1, 0.15) is 54.6 Å². The molecule has 0 unspecified atom stereocenters. The molecule has 6 nitrogen and oxygen atoms in total. The second-order valence-electron chi connectivity index (χ2n) is 10.4. The van der Waals surface area contributed by atoms with Gasteiger partial charge >= 0.3 is 0 Å². The van der Waals surface area contributed by atoms with Crippen molar-refractivity contribution in [3.05, 3.63) is 83.9 Å². The summed E-state index contributed by atoms with van der Waals surface area (Å²) in [4.78, 5) is 2.42. The van der Waals surface area contributed by atoms with Crippen molar-refractivity contribution in [3.63, 3.8) is 0 Å². The highest BCUT2D eigenvalue weighted by Gasteiger charge is 2.27. The Labute approximate surface area is 221 Å². The van der Waals surface area contributed by atoms with Crippen LogP contribution in [0.2, 0.25) is 0 Å². The molecule has 196 valence electrons. The summed E-state index contributed by atoms with van der Waals surface area (Å²) in [5.41, 5.74) is 7.57. The molecule has 0 atom stereocenters. The number of rotatable bonds is 7. The molecule has 0 radical (unpaired) electrons. The molecule has 37 heavy (non-hydrogen) atoms. The predicted octanol–water partition coefficient (Wildman–Crippen LogP) is 5.56. The number of hydrogen-bond donors (Lipinski definition) is 1. The maximum atomic E-state index is 5.59. The standard InChI is InChI=1S/C31H40N4O2/c1-22-10-11-26(20-31(22)36-4)30-9-7-5-6-8-28-21-29(33-35(28)30)23(2)32-27-14-12-25(13-15-27)24(3)34-16-18-37-19-17-34/h5,7,9-11,20-21,25,27,32H,2-3,6,8,12-19H2,1,4H3/b7-5-,30-9-/t25-,27-. The highest BCUT2D eigenvalue weighted by atomic mass is 16.5. The number of aryl methyl sites for hydroxylation is 2. The van der Waals surface area contributed by atoms with E-state index < -0.39 is 0 Å². The maximum absolute atomic E-state index is 5.59. The minimum Gasteiger partial charge on any atom is -0.496 e. The normalized spacial score (nSPS) is 24.2. The molecule has 1 saturated heterocycles. The number of hydrogen-bond acceptors (Lipinski definition) is 5. The van der Waals surface area contributed by atoms with Gasteiger partial charge in [-0.2, -0.15) is 5.10 Å². The van der Waals surface area contributed by atoms with E-state index >= 15 is 0 Å². The molecule has 5 rings (SSSR count). The fourth-order valence-electron chi connectivity index (χ4n) is 5.71. The van der Waals surface area contributed by atoms with Crippen LogP contribution in [0.5, 0.6) is 5.75 Å². The first kappa shape index (κ1) is 25.4. The summed E-state index contributed by atoms with van der Waals surface area (Å²) in [7, 11) is 1.72. The van der Waals surface area contributed by atoms with E-state index in [1.807, 2.05) is 0 Å². The SMILES string of the molecule is C=C(N[C@H]1CC[C@H](C(=C)N2CCOCC2)CC1)c1cc2n(n1)/C(c1ccc(C)c(OC)c1)=C\C=C/CC2. The highest BCUT2D eigenvalue weighted by molar-refractivity contribution is 5.70. The molecule has 3 aliphatic rings. The lowest BCUT2D eigenvalue weighted by Gasteiger charge is -2.38. The molecular weight excluding hydrogens is 460 g/mol. The van der Waals surface area contributed by atoms with E-state index in [1.54, 1.807) is 7.11 Å². The molecular formula is C31H40N4O2. The molecule has 3 heterocycles. The Balaban J connectivity index is 1.27. The first-order valence-electron chi connectivity index (χ1n) is 13.6. The van der Waals surface area contributed by atoms with Gasteiger partial charge in [0.05, 0.1) is 31.7 Å². The zero-order valence-electron chi connectivity index (χ0n) is 22.3. The van der Waals surface area contributed by atoms with Crippen LogP contribution in [0.25, 0.3) is 11.4 Å². The number of benzene rings is 1. The van der Waals surface area contributed by atoms with Gasteiger partial charge in [-0.25, -0.2) is 4.68 Å². The van der Waals surface area contributed by atoms with Gasteiger partial charge < -0.3 is 19.7 Å². The monoisotopic (exact) mass is 500 g/mol. The van der Waals surface area contributed by atoms with Crippen molar-refractivity contribution in [2.75, 3.05) is 33.4 Å². The van der Waals surface area contributed by atoms with Gasteiger partial charge in [-0.1, -0.05) is 37.4 Å². The van der Waals surface area contributed by atoms with Gasteiger partial charge in [-0.05, 0) is 75.1 Å². The summed E-state index contributed by atoms with van der Waals surface area (Å²) in [5.74, 6) is 1.46. The van der Waals surface area contributed by atoms with E-state index in [-0.39, 0.29) is 0 Å². The van der Waals surface area contributed by atoms with Gasteiger partial charge in [0.2, 0.25) is 0 Å². The third-order valence-electron chi connectivity index (χ3n) is 7.98. The molecule has 1 saturated carbocycles. The van der Waals surface area contributed by atoms with Crippen LogP contribution in [-0.2, 0) is 11.2 Å². The van der Waals surface area contributed by atoms with E-state index in [4.69, 9.17) is 14.6 Å². The summed E-state index contributed by atoms with van der Waals surface area (Å²) < 4.78 is 13.2. The van der Waals surface area contributed by atoms with Crippen LogP contribution in [0.15, 0.2) is 61.3 Å². The van der Waals surface area contributed by atoms with Gasteiger partial charge in [0.1, 0.15) is 11.4 Å². The zero-order valence-corrected chi connectivity index (χ0v) is 22.3. The molecule has 1 aromatic heterocycles. The van der Waals surface area contributed by atoms with Gasteiger partial charge in [-0.15, -0.1) is 0 Å². The summed E-state index contributed by atoms with van der Waals surface area (Å²) in [5, 5.41) is 8.74.